The third-order valence-electron chi connectivity index (χ3n) is 18.6. The minimum atomic E-state index is -3.45. The first kappa shape index (κ1) is 52.9. The topological polar surface area (TPSA) is 415 Å². The molecule has 12 N–H and O–H groups in total. The largest absolute Gasteiger partial charge is 0.394 e. The summed E-state index contributed by atoms with van der Waals surface area (Å²) in [6.07, 6.45) is -18.2. The van der Waals surface area contributed by atoms with Gasteiger partial charge in [-0.2, -0.15) is 0 Å². The first-order valence-corrected chi connectivity index (χ1v) is 36.8. The molecule has 15 rings (SSSR count). The summed E-state index contributed by atoms with van der Waals surface area (Å²) < 4.78 is 264. The number of aliphatic hydroxyl groups excluding tert-OH is 8. The van der Waals surface area contributed by atoms with E-state index in [1.807, 2.05) is 6.92 Å². The van der Waals surface area contributed by atoms with Crippen LogP contribution in [0.2, 0.25) is 0 Å². The molecule has 0 radical (unpaired) electrons. The number of nitrogens with zero attached hydrogens (tertiary/aromatic N) is 15. The van der Waals surface area contributed by atoms with E-state index in [2.05, 4.69) is 76.8 Å². The van der Waals surface area contributed by atoms with Crippen LogP contribution >= 0.6 is 35.3 Å². The summed E-state index contributed by atoms with van der Waals surface area (Å²) in [6.45, 7) is -2.45. The quantitative estimate of drug-likeness (QED) is 0.0168. The van der Waals surface area contributed by atoms with Crippen molar-refractivity contribution in [2.75, 3.05) is 72.6 Å². The van der Waals surface area contributed by atoms with Gasteiger partial charge in [0.15, 0.2) is 66.4 Å². The smallest absolute Gasteiger partial charge is 0.191 e. The number of fused-ring (bicyclic) bond motifs is 3. The normalized spacial score (nSPS) is 32.4. The van der Waals surface area contributed by atoms with Crippen LogP contribution < -0.4 is 16.0 Å². The Morgan fingerprint density at radius 2 is 0.870 bits per heavy atom. The van der Waals surface area contributed by atoms with Crippen LogP contribution in [0, 0.1) is 38.2 Å². The second-order valence-corrected chi connectivity index (χ2v) is 28.5. The summed E-state index contributed by atoms with van der Waals surface area (Å²) in [5.74, 6) is -4.15. The summed E-state index contributed by atoms with van der Waals surface area (Å²) in [7, 11) is 0. The first-order chi connectivity index (χ1) is 61.7. The number of nitrogens with one attached hydrogen (secondary N) is 3. The fourth-order valence-corrected chi connectivity index (χ4v) is 14.3. The summed E-state index contributed by atoms with van der Waals surface area (Å²) in [5, 5.41) is 126. The van der Waals surface area contributed by atoms with E-state index in [1.54, 1.807) is 0 Å². The van der Waals surface area contributed by atoms with Gasteiger partial charge in [-0.25, -0.2) is 57.1 Å². The van der Waals surface area contributed by atoms with Crippen molar-refractivity contribution >= 4 is 86.2 Å². The van der Waals surface area contributed by atoms with Gasteiger partial charge < -0.3 is 76.1 Å². The van der Waals surface area contributed by atoms with Crippen molar-refractivity contribution in [2.24, 2.45) is 0 Å². The lowest BCUT2D eigenvalue weighted by molar-refractivity contribution is -0.0629. The second kappa shape index (κ2) is 35.1. The highest BCUT2D eigenvalue weighted by Gasteiger charge is 2.49. The molecule has 6 aliphatic rings. The van der Waals surface area contributed by atoms with Crippen molar-refractivity contribution in [1.82, 2.24) is 74.9 Å². The summed E-state index contributed by atoms with van der Waals surface area (Å²) >= 11 is 2.07. The van der Waals surface area contributed by atoms with Crippen LogP contribution in [0.1, 0.15) is 182 Å². The third kappa shape index (κ3) is 17.5. The van der Waals surface area contributed by atoms with Crippen LogP contribution in [-0.4, -0.2) is 251 Å². The van der Waals surface area contributed by atoms with Crippen LogP contribution in [0.25, 0.3) is 33.5 Å². The molecule has 0 amide bonds. The Kier molecular flexibility index (Phi) is 17.2. The van der Waals surface area contributed by atoms with Crippen molar-refractivity contribution in [3.8, 4) is 0 Å². The Morgan fingerprint density at radius 1 is 0.491 bits per heavy atom. The molecule has 0 aliphatic heterocycles. The number of hydrogen-bond donors (Lipinski definition) is 12. The number of hydrogen-bond acceptors (Lipinski definition) is 30. The molecule has 36 heteroatoms. The minimum absolute atomic E-state index is 0.00939. The molecular weight excluding hydrogens is 1460 g/mol. The lowest BCUT2D eigenvalue weighted by Gasteiger charge is -2.17. The van der Waals surface area contributed by atoms with E-state index >= 15 is 0 Å². The van der Waals surface area contributed by atoms with Crippen molar-refractivity contribution in [1.29, 1.82) is 0 Å². The van der Waals surface area contributed by atoms with E-state index < -0.39 is 207 Å². The maximum atomic E-state index is 14.7. The number of halogens is 3. The van der Waals surface area contributed by atoms with Gasteiger partial charge in [-0.15, -0.1) is 15.3 Å². The van der Waals surface area contributed by atoms with Gasteiger partial charge in [-0.1, -0.05) is 108 Å². The summed E-state index contributed by atoms with van der Waals surface area (Å²) in [4.78, 5) is 26.4. The van der Waals surface area contributed by atoms with E-state index in [-0.39, 0.29) is 157 Å². The number of ether oxygens (including phenoxy) is 3. The predicted octanol–water partition coefficient (Wildman–Crippen LogP) is 6.55. The first-order valence-electron chi connectivity index (χ1n) is 46.6. The molecule has 6 aromatic heterocycles. The van der Waals surface area contributed by atoms with Gasteiger partial charge in [-0.05, 0) is 111 Å². The Hall–Kier alpha value is -7.14. The molecule has 18 atom stereocenters. The number of aromatic nitrogens is 15. The van der Waals surface area contributed by atoms with E-state index in [0.717, 1.165) is 29.6 Å². The molecule has 108 heavy (non-hydrogen) atoms. The highest BCUT2D eigenvalue weighted by atomic mass is 32.2. The van der Waals surface area contributed by atoms with Crippen LogP contribution in [0.5, 0.6) is 0 Å². The third-order valence-corrected chi connectivity index (χ3v) is 21.0. The number of rotatable bonds is 30. The molecule has 0 spiro atoms. The summed E-state index contributed by atoms with van der Waals surface area (Å²) in [6, 6.07) is -8.68. The molecule has 6 aliphatic carbocycles. The zero-order valence-corrected chi connectivity index (χ0v) is 60.7. The SMILES string of the molecule is [2H]c1c([2H])c([C@@H]2C[C@H]2Nc2nc(SC([2H])([2H])C([2H])([2H])C)nc3c2nnn3[C@@H]2C[C@H](OC([2H])([2H])C([2H])([2H])O)[C@@H](O)[C@H]2O)c([2H])c(F)c1C.[2H]c1c([2H])c([C@@H]2C[C@H]2Nc2nc(SC([2H])([2H])C([2H])([2H])C)nc3c2nnn3[C@@H]2C[C@H](OC([2H])([2H])CO)[C@@H](O)[C@H]2O)c([2H])c(F)c1C.[2H]c1c([2H])c([C@H]2[C@H](Nc3nc(SCCC)nc4c3nnn4[C@@H]3C[C@H](OCCO)[C@@H](O)[C@H]3O)C2([2H])[2H])c([2H])c(F)c1C. The standard InChI is InChI=1S/3C24H31FN6O4S/c3*1-3-8-36-24-27-22(26-16-10-14(16)13-5-4-12(2)15(25)9-13)19-23(28-24)31(30-29-19)17-11-18(35-7-6-32)21(34)20(17)33/h3*4-5,9,14,16-18,20-21,32-34H,3,6-8,10-11H2,1-2H3,(H,26,27,28)/t3*14-,16+,17+,18-,20-,21+/m000/s1/i3D2,4D,5D,6D2,7D2,8D2,9D;3D2,4D,5D,7D2,8D2,9D;4D,5D,9D,10D2. The zero-order valence-electron chi connectivity index (χ0n) is 83.3. The fourth-order valence-electron chi connectivity index (χ4n) is 12.7. The van der Waals surface area contributed by atoms with Gasteiger partial charge in [-0.3, -0.25) is 0 Å². The Bertz CT molecular complexity index is 5820. The van der Waals surface area contributed by atoms with E-state index in [9.17, 15) is 54.0 Å². The number of anilines is 3. The van der Waals surface area contributed by atoms with Crippen molar-refractivity contribution < 1.29 is 108 Å². The lowest BCUT2D eigenvalue weighted by Crippen LogP contribution is -2.33. The minimum Gasteiger partial charge on any atom is -0.394 e. The van der Waals surface area contributed by atoms with Crippen molar-refractivity contribution in [3.05, 3.63) is 105 Å². The van der Waals surface area contributed by atoms with E-state index in [0.29, 0.717) is 47.3 Å². The number of benzene rings is 3. The zero-order chi connectivity index (χ0) is 98.4. The molecule has 30 nitrogen and oxygen atoms in total. The van der Waals surface area contributed by atoms with Crippen LogP contribution in [-0.2, 0) is 14.2 Å². The van der Waals surface area contributed by atoms with Crippen LogP contribution in [0.15, 0.2) is 69.9 Å². The van der Waals surface area contributed by atoms with Crippen LogP contribution in [0.4, 0.5) is 30.6 Å². The maximum absolute atomic E-state index is 14.7. The van der Waals surface area contributed by atoms with Gasteiger partial charge in [0.25, 0.3) is 0 Å². The van der Waals surface area contributed by atoms with E-state index in [1.165, 1.54) is 37.2 Å². The molecule has 0 saturated heterocycles. The van der Waals surface area contributed by atoms with Gasteiger partial charge in [0.05, 0.1) is 96.5 Å². The average Bonchev–Trinajstić information content (AvgIpc) is 1.54. The predicted molar refractivity (Wildman–Crippen MR) is 398 cm³/mol. The second-order valence-electron chi connectivity index (χ2n) is 25.9. The molecule has 6 fully saturated rings. The Balaban J connectivity index is 0.000000170. The van der Waals surface area contributed by atoms with Gasteiger partial charge in [0, 0.05) is 86.0 Å². The molecule has 0 unspecified atom stereocenters. The molecule has 6 saturated carbocycles. The van der Waals surface area contributed by atoms with Gasteiger partial charge in [0.1, 0.15) is 54.1 Å². The molecule has 6 heterocycles. The molecule has 9 aromatic rings. The maximum Gasteiger partial charge on any atom is 0.191 e. The average molecular weight is 1580 g/mol. The molecular formula is C72H93F3N18O12S3. The van der Waals surface area contributed by atoms with E-state index in [4.69, 9.17) is 53.6 Å². The number of aliphatic hydroxyl groups is 9. The molecule has 0 bridgehead atoms. The van der Waals surface area contributed by atoms with Crippen molar-refractivity contribution in [2.45, 2.75) is 224 Å². The molecule has 582 valence electrons. The van der Waals surface area contributed by atoms with Crippen LogP contribution in [0.3, 0.4) is 0 Å². The number of thioether (sulfide) groups is 3. The van der Waals surface area contributed by atoms with Gasteiger partial charge in [0.2, 0.25) is 0 Å². The van der Waals surface area contributed by atoms with Gasteiger partial charge >= 0.3 is 0 Å². The summed E-state index contributed by atoms with van der Waals surface area (Å²) in [5.41, 5.74) is -5.28. The Labute approximate surface area is 668 Å². The lowest BCUT2D eigenvalue weighted by atomic mass is 10.1. The Morgan fingerprint density at radius 3 is 1.25 bits per heavy atom. The highest BCUT2D eigenvalue weighted by Crippen LogP contribution is 2.48. The van der Waals surface area contributed by atoms with Crippen molar-refractivity contribution in [3.63, 3.8) is 0 Å². The fraction of sp³-hybridized carbons (Fsp3) is 0.583. The highest BCUT2D eigenvalue weighted by molar-refractivity contribution is 7.99. The monoisotopic (exact) mass is 1580 g/mol. The molecule has 3 aromatic carbocycles.